The van der Waals surface area contributed by atoms with Crippen molar-refractivity contribution in [2.75, 3.05) is 13.1 Å². The summed E-state index contributed by atoms with van der Waals surface area (Å²) in [6.45, 7) is 7.78. The minimum absolute atomic E-state index is 0.186. The number of halogens is 1. The molecule has 0 atom stereocenters. The fourth-order valence-corrected chi connectivity index (χ4v) is 3.93. The fourth-order valence-electron chi connectivity index (χ4n) is 3.66. The fraction of sp³-hybridized carbons (Fsp3) is 0.556. The molecule has 0 spiro atoms. The maximum atomic E-state index is 12.5. The Bertz CT molecular complexity index is 688. The molecule has 5 nitrogen and oxygen atoms in total. The van der Waals surface area contributed by atoms with Crippen molar-refractivity contribution in [2.45, 2.75) is 52.5 Å². The molecule has 1 fully saturated rings. The van der Waals surface area contributed by atoms with Crippen molar-refractivity contribution >= 4 is 17.5 Å². The van der Waals surface area contributed by atoms with Crippen molar-refractivity contribution in [3.8, 4) is 0 Å². The first-order chi connectivity index (χ1) is 11.5. The number of hydrogen-bond acceptors (Lipinski definition) is 3. The summed E-state index contributed by atoms with van der Waals surface area (Å²) in [5.74, 6) is 0.186. The van der Waals surface area contributed by atoms with E-state index in [0.29, 0.717) is 24.1 Å². The molecule has 1 amide bonds. The molecule has 3 heterocycles. The van der Waals surface area contributed by atoms with Gasteiger partial charge in [0.2, 0.25) is 11.1 Å². The number of aryl methyl sites for hydroxylation is 3. The molecule has 6 heteroatoms. The Balaban J connectivity index is 1.54. The zero-order valence-electron chi connectivity index (χ0n) is 14.5. The predicted octanol–water partition coefficient (Wildman–Crippen LogP) is 3.85. The molecule has 130 valence electrons. The van der Waals surface area contributed by atoms with Crippen LogP contribution >= 0.6 is 11.6 Å². The Labute approximate surface area is 147 Å². The van der Waals surface area contributed by atoms with Gasteiger partial charge in [-0.05, 0) is 63.8 Å². The van der Waals surface area contributed by atoms with E-state index in [2.05, 4.69) is 35.7 Å². The van der Waals surface area contributed by atoms with E-state index >= 15 is 0 Å². The van der Waals surface area contributed by atoms with Crippen LogP contribution in [0, 0.1) is 20.8 Å². The van der Waals surface area contributed by atoms with Crippen molar-refractivity contribution in [1.82, 2.24) is 14.6 Å². The minimum Gasteiger partial charge on any atom is -0.346 e. The molecule has 2 aromatic rings. The molecule has 1 aliphatic rings. The van der Waals surface area contributed by atoms with Crippen LogP contribution in [0.15, 0.2) is 16.7 Å². The van der Waals surface area contributed by atoms with Crippen LogP contribution in [0.5, 0.6) is 0 Å². The summed E-state index contributed by atoms with van der Waals surface area (Å²) in [7, 11) is 0. The largest absolute Gasteiger partial charge is 0.346 e. The Morgan fingerprint density at radius 2 is 1.88 bits per heavy atom. The van der Waals surface area contributed by atoms with Gasteiger partial charge in [0.1, 0.15) is 0 Å². The van der Waals surface area contributed by atoms with E-state index in [-0.39, 0.29) is 5.91 Å². The van der Waals surface area contributed by atoms with Gasteiger partial charge < -0.3 is 14.0 Å². The molecular weight excluding hydrogens is 326 g/mol. The second-order valence-corrected chi connectivity index (χ2v) is 6.96. The monoisotopic (exact) mass is 349 g/mol. The maximum absolute atomic E-state index is 12.5. The third-order valence-corrected chi connectivity index (χ3v) is 5.33. The van der Waals surface area contributed by atoms with Gasteiger partial charge in [0, 0.05) is 42.5 Å². The van der Waals surface area contributed by atoms with E-state index in [1.807, 2.05) is 11.8 Å². The lowest BCUT2D eigenvalue weighted by atomic mass is 10.0. The maximum Gasteiger partial charge on any atom is 0.229 e. The molecule has 2 aromatic heterocycles. The second kappa shape index (κ2) is 7.01. The molecule has 0 radical (unpaired) electrons. The lowest BCUT2D eigenvalue weighted by Crippen LogP contribution is -2.39. The number of carbonyl (C=O) groups is 1. The highest BCUT2D eigenvalue weighted by Crippen LogP contribution is 2.27. The van der Waals surface area contributed by atoms with Gasteiger partial charge in [-0.2, -0.15) is 0 Å². The van der Waals surface area contributed by atoms with Crippen LogP contribution in [0.1, 0.15) is 47.9 Å². The number of amides is 1. The van der Waals surface area contributed by atoms with E-state index in [0.717, 1.165) is 37.2 Å². The number of rotatable bonds is 4. The first-order valence-electron chi connectivity index (χ1n) is 8.50. The molecule has 1 aliphatic heterocycles. The van der Waals surface area contributed by atoms with Gasteiger partial charge in [-0.1, -0.05) is 5.16 Å². The lowest BCUT2D eigenvalue weighted by molar-refractivity contribution is -0.132. The first-order valence-corrected chi connectivity index (χ1v) is 8.88. The van der Waals surface area contributed by atoms with Crippen molar-refractivity contribution in [3.05, 3.63) is 40.0 Å². The summed E-state index contributed by atoms with van der Waals surface area (Å²) < 4.78 is 7.34. The number of nitrogens with zero attached hydrogens (tertiary/aromatic N) is 3. The van der Waals surface area contributed by atoms with E-state index < -0.39 is 0 Å². The quantitative estimate of drug-likeness (QED) is 0.842. The van der Waals surface area contributed by atoms with Gasteiger partial charge in [0.25, 0.3) is 0 Å². The zero-order chi connectivity index (χ0) is 17.3. The first kappa shape index (κ1) is 17.1. The standard InChI is InChI=1S/C18H24ClN3O2/c1-12-4-5-13(2)22(12)15-8-10-21(11-9-15)17(23)7-6-16-14(3)20-24-18(16)19/h4-5,15H,6-11H2,1-3H3. The summed E-state index contributed by atoms with van der Waals surface area (Å²) in [6.07, 6.45) is 3.06. The number of carbonyl (C=O) groups excluding carboxylic acids is 1. The van der Waals surface area contributed by atoms with Gasteiger partial charge in [-0.25, -0.2) is 0 Å². The summed E-state index contributed by atoms with van der Waals surface area (Å²) >= 11 is 5.96. The summed E-state index contributed by atoms with van der Waals surface area (Å²) in [5, 5.41) is 4.13. The number of piperidine rings is 1. The van der Waals surface area contributed by atoms with Crippen molar-refractivity contribution in [3.63, 3.8) is 0 Å². The van der Waals surface area contributed by atoms with E-state index in [9.17, 15) is 4.79 Å². The Morgan fingerprint density at radius 1 is 1.25 bits per heavy atom. The molecule has 0 aliphatic carbocycles. The van der Waals surface area contributed by atoms with Crippen LogP contribution in [0.3, 0.4) is 0 Å². The highest BCUT2D eigenvalue weighted by Gasteiger charge is 2.25. The molecule has 0 N–H and O–H groups in total. The van der Waals surface area contributed by atoms with Crippen LogP contribution < -0.4 is 0 Å². The van der Waals surface area contributed by atoms with Crippen LogP contribution in [-0.2, 0) is 11.2 Å². The minimum atomic E-state index is 0.186. The van der Waals surface area contributed by atoms with E-state index in [1.165, 1.54) is 11.4 Å². The Hall–Kier alpha value is -1.75. The zero-order valence-corrected chi connectivity index (χ0v) is 15.3. The SMILES string of the molecule is Cc1noc(Cl)c1CCC(=O)N1CCC(n2c(C)ccc2C)CC1. The smallest absolute Gasteiger partial charge is 0.229 e. The molecule has 0 aromatic carbocycles. The normalized spacial score (nSPS) is 15.9. The van der Waals surface area contributed by atoms with Crippen LogP contribution in [0.2, 0.25) is 5.22 Å². The molecule has 3 rings (SSSR count). The van der Waals surface area contributed by atoms with Crippen molar-refractivity contribution in [1.29, 1.82) is 0 Å². The molecule has 0 unspecified atom stereocenters. The molecule has 0 saturated carbocycles. The number of hydrogen-bond donors (Lipinski definition) is 0. The molecule has 1 saturated heterocycles. The average molecular weight is 350 g/mol. The van der Waals surface area contributed by atoms with Gasteiger partial charge in [-0.15, -0.1) is 0 Å². The van der Waals surface area contributed by atoms with Crippen LogP contribution in [0.25, 0.3) is 0 Å². The van der Waals surface area contributed by atoms with Crippen molar-refractivity contribution < 1.29 is 9.32 Å². The van der Waals surface area contributed by atoms with Crippen LogP contribution in [0.4, 0.5) is 0 Å². The Morgan fingerprint density at radius 3 is 2.42 bits per heavy atom. The highest BCUT2D eigenvalue weighted by atomic mass is 35.5. The number of aromatic nitrogens is 2. The van der Waals surface area contributed by atoms with E-state index in [4.69, 9.17) is 16.1 Å². The molecular formula is C18H24ClN3O2. The van der Waals surface area contributed by atoms with E-state index in [1.54, 1.807) is 0 Å². The van der Waals surface area contributed by atoms with Crippen molar-refractivity contribution in [2.24, 2.45) is 0 Å². The number of likely N-dealkylation sites (tertiary alicyclic amines) is 1. The van der Waals surface area contributed by atoms with Gasteiger partial charge in [-0.3, -0.25) is 4.79 Å². The molecule has 0 bridgehead atoms. The topological polar surface area (TPSA) is 51.3 Å². The van der Waals surface area contributed by atoms with Gasteiger partial charge in [0.05, 0.1) is 5.69 Å². The third kappa shape index (κ3) is 3.36. The highest BCUT2D eigenvalue weighted by molar-refractivity contribution is 6.29. The summed E-state index contributed by atoms with van der Waals surface area (Å²) in [4.78, 5) is 14.4. The lowest BCUT2D eigenvalue weighted by Gasteiger charge is -2.34. The summed E-state index contributed by atoms with van der Waals surface area (Å²) in [5.41, 5.74) is 4.22. The average Bonchev–Trinajstić information content (AvgIpc) is 3.07. The second-order valence-electron chi connectivity index (χ2n) is 6.62. The predicted molar refractivity (Wildman–Crippen MR) is 93.3 cm³/mol. The van der Waals surface area contributed by atoms with Gasteiger partial charge in [0.15, 0.2) is 0 Å². The summed E-state index contributed by atoms with van der Waals surface area (Å²) in [6, 6.07) is 4.83. The molecule has 24 heavy (non-hydrogen) atoms. The third-order valence-electron chi connectivity index (χ3n) is 5.03. The van der Waals surface area contributed by atoms with Gasteiger partial charge >= 0.3 is 0 Å². The van der Waals surface area contributed by atoms with Crippen LogP contribution in [-0.4, -0.2) is 33.6 Å². The Kier molecular flexibility index (Phi) is 4.99.